The highest BCUT2D eigenvalue weighted by Crippen LogP contribution is 2.19. The fourth-order valence-corrected chi connectivity index (χ4v) is 2.47. The number of ether oxygens (including phenoxy) is 1. The summed E-state index contributed by atoms with van der Waals surface area (Å²) < 4.78 is 4.71. The maximum Gasteiger partial charge on any atom is 0.337 e. The minimum absolute atomic E-state index is 0.0622. The minimum atomic E-state index is -0.464. The number of benzene rings is 2. The number of nitrogens with one attached hydrogen (secondary N) is 3. The molecule has 0 aliphatic rings. The Bertz CT molecular complexity index is 860. The van der Waals surface area contributed by atoms with Crippen molar-refractivity contribution in [3.63, 3.8) is 0 Å². The highest BCUT2D eigenvalue weighted by atomic mass is 16.5. The molecule has 3 N–H and O–H groups in total. The molecule has 7 heteroatoms. The van der Waals surface area contributed by atoms with Gasteiger partial charge in [-0.2, -0.15) is 0 Å². The van der Waals surface area contributed by atoms with Gasteiger partial charge in [-0.25, -0.2) is 9.59 Å². The summed E-state index contributed by atoms with van der Waals surface area (Å²) in [6.07, 6.45) is 0. The van der Waals surface area contributed by atoms with E-state index in [2.05, 4.69) is 16.0 Å². The number of methoxy groups -OCH3 is 1. The van der Waals surface area contributed by atoms with Gasteiger partial charge < -0.3 is 20.7 Å². The van der Waals surface area contributed by atoms with Gasteiger partial charge in [-0.15, -0.1) is 0 Å². The van der Waals surface area contributed by atoms with Gasteiger partial charge in [0.2, 0.25) is 0 Å². The third-order valence-corrected chi connectivity index (χ3v) is 4.00. The van der Waals surface area contributed by atoms with Crippen molar-refractivity contribution in [2.24, 2.45) is 0 Å². The average Bonchev–Trinajstić information content (AvgIpc) is 2.67. The summed E-state index contributed by atoms with van der Waals surface area (Å²) in [5.74, 6) is -0.754. The fraction of sp³-hybridized carbons (Fsp3) is 0.286. The van der Waals surface area contributed by atoms with Gasteiger partial charge in [0.1, 0.15) is 0 Å². The molecule has 0 atom stereocenters. The molecular weight excluding hydrogens is 358 g/mol. The molecule has 0 unspecified atom stereocenters. The van der Waals surface area contributed by atoms with Gasteiger partial charge >= 0.3 is 12.0 Å². The number of carbonyl (C=O) groups is 3. The van der Waals surface area contributed by atoms with Crippen LogP contribution in [0.1, 0.15) is 45.7 Å². The summed E-state index contributed by atoms with van der Waals surface area (Å²) in [7, 11) is 1.31. The number of urea groups is 1. The molecule has 2 aromatic rings. The van der Waals surface area contributed by atoms with Crippen molar-refractivity contribution in [1.29, 1.82) is 0 Å². The number of anilines is 1. The first-order chi connectivity index (χ1) is 13.3. The van der Waals surface area contributed by atoms with Crippen molar-refractivity contribution in [2.45, 2.75) is 33.4 Å². The highest BCUT2D eigenvalue weighted by molar-refractivity contribution is 6.05. The SMILES string of the molecule is COC(=O)c1ccc(C)c(NC(=O)c2ccc(CNC(=O)NC(C)C)cc2)c1. The Labute approximate surface area is 164 Å². The molecule has 0 aliphatic heterocycles. The average molecular weight is 383 g/mol. The topological polar surface area (TPSA) is 96.5 Å². The van der Waals surface area contributed by atoms with E-state index in [0.29, 0.717) is 23.4 Å². The van der Waals surface area contributed by atoms with Crippen LogP contribution in [0.2, 0.25) is 0 Å². The first kappa shape index (κ1) is 21.0. The van der Waals surface area contributed by atoms with Crippen LogP contribution in [-0.2, 0) is 11.3 Å². The first-order valence-electron chi connectivity index (χ1n) is 8.93. The van der Waals surface area contributed by atoms with Crippen molar-refractivity contribution in [3.05, 3.63) is 64.7 Å². The molecule has 0 radical (unpaired) electrons. The molecule has 0 aliphatic carbocycles. The van der Waals surface area contributed by atoms with Crippen LogP contribution in [0.3, 0.4) is 0 Å². The molecule has 0 saturated carbocycles. The lowest BCUT2D eigenvalue weighted by atomic mass is 10.1. The summed E-state index contributed by atoms with van der Waals surface area (Å²) in [6, 6.07) is 11.7. The van der Waals surface area contributed by atoms with Crippen molar-refractivity contribution in [3.8, 4) is 0 Å². The molecule has 0 spiro atoms. The van der Waals surface area contributed by atoms with Gasteiger partial charge in [0.05, 0.1) is 12.7 Å². The Balaban J connectivity index is 2.01. The van der Waals surface area contributed by atoms with Crippen molar-refractivity contribution in [2.75, 3.05) is 12.4 Å². The van der Waals surface area contributed by atoms with Crippen LogP contribution in [0.15, 0.2) is 42.5 Å². The largest absolute Gasteiger partial charge is 0.465 e. The van der Waals surface area contributed by atoms with Crippen LogP contribution >= 0.6 is 0 Å². The third kappa shape index (κ3) is 5.84. The van der Waals surface area contributed by atoms with Crippen LogP contribution < -0.4 is 16.0 Å². The third-order valence-electron chi connectivity index (χ3n) is 4.00. The molecule has 0 saturated heterocycles. The lowest BCUT2D eigenvalue weighted by Crippen LogP contribution is -2.39. The predicted octanol–water partition coefficient (Wildman–Crippen LogP) is 3.24. The first-order valence-corrected chi connectivity index (χ1v) is 8.93. The molecule has 2 aromatic carbocycles. The molecule has 28 heavy (non-hydrogen) atoms. The molecule has 7 nitrogen and oxygen atoms in total. The van der Waals surface area contributed by atoms with E-state index in [1.807, 2.05) is 20.8 Å². The van der Waals surface area contributed by atoms with Gasteiger partial charge in [-0.05, 0) is 56.2 Å². The second kappa shape index (κ2) is 9.55. The summed E-state index contributed by atoms with van der Waals surface area (Å²) in [5, 5.41) is 8.31. The van der Waals surface area contributed by atoms with Gasteiger partial charge in [-0.1, -0.05) is 18.2 Å². The van der Waals surface area contributed by atoms with Crippen molar-refractivity contribution < 1.29 is 19.1 Å². The Morgan fingerprint density at radius 1 is 1.00 bits per heavy atom. The van der Waals surface area contributed by atoms with Gasteiger partial charge in [0.15, 0.2) is 0 Å². The smallest absolute Gasteiger partial charge is 0.337 e. The molecule has 0 fully saturated rings. The zero-order chi connectivity index (χ0) is 20.7. The highest BCUT2D eigenvalue weighted by Gasteiger charge is 2.12. The summed E-state index contributed by atoms with van der Waals surface area (Å²) in [4.78, 5) is 35.8. The molecule has 0 heterocycles. The zero-order valence-electron chi connectivity index (χ0n) is 16.5. The van der Waals surface area contributed by atoms with Crippen LogP contribution in [0.5, 0.6) is 0 Å². The fourth-order valence-electron chi connectivity index (χ4n) is 2.47. The van der Waals surface area contributed by atoms with Crippen LogP contribution in [0, 0.1) is 6.92 Å². The van der Waals surface area contributed by atoms with E-state index in [1.165, 1.54) is 7.11 Å². The predicted molar refractivity (Wildman–Crippen MR) is 107 cm³/mol. The Kier molecular flexibility index (Phi) is 7.14. The summed E-state index contributed by atoms with van der Waals surface area (Å²) >= 11 is 0. The number of hydrogen-bond donors (Lipinski definition) is 3. The molecule has 0 bridgehead atoms. The van der Waals surface area contributed by atoms with Gasteiger partial charge in [-0.3, -0.25) is 4.79 Å². The standard InChI is InChI=1S/C21H25N3O4/c1-13(2)23-21(27)22-12-15-6-9-16(10-7-15)19(25)24-18-11-17(20(26)28-4)8-5-14(18)3/h5-11,13H,12H2,1-4H3,(H,24,25)(H2,22,23,27). The van der Waals surface area contributed by atoms with Crippen LogP contribution in [0.4, 0.5) is 10.5 Å². The van der Waals surface area contributed by atoms with E-state index in [4.69, 9.17) is 4.74 Å². The van der Waals surface area contributed by atoms with Gasteiger partial charge in [0.25, 0.3) is 5.91 Å². The zero-order valence-corrected chi connectivity index (χ0v) is 16.5. The normalized spacial score (nSPS) is 10.3. The van der Waals surface area contributed by atoms with Crippen LogP contribution in [-0.4, -0.2) is 31.1 Å². The molecule has 0 aromatic heterocycles. The molecule has 2 rings (SSSR count). The van der Waals surface area contributed by atoms with E-state index in [9.17, 15) is 14.4 Å². The number of aryl methyl sites for hydroxylation is 1. The summed E-state index contributed by atoms with van der Waals surface area (Å²) in [6.45, 7) is 5.97. The maximum absolute atomic E-state index is 12.5. The molecule has 3 amide bonds. The Hall–Kier alpha value is -3.35. The van der Waals surface area contributed by atoms with E-state index in [-0.39, 0.29) is 18.0 Å². The lowest BCUT2D eigenvalue weighted by molar-refractivity contribution is 0.0600. The summed E-state index contributed by atoms with van der Waals surface area (Å²) in [5.41, 5.74) is 3.09. The number of esters is 1. The van der Waals surface area contributed by atoms with Crippen molar-refractivity contribution >= 4 is 23.6 Å². The number of rotatable bonds is 6. The monoisotopic (exact) mass is 383 g/mol. The van der Waals surface area contributed by atoms with Crippen molar-refractivity contribution in [1.82, 2.24) is 10.6 Å². The maximum atomic E-state index is 12.5. The van der Waals surface area contributed by atoms with Gasteiger partial charge in [0, 0.05) is 23.8 Å². The Morgan fingerprint density at radius 2 is 1.64 bits per heavy atom. The van der Waals surface area contributed by atoms with E-state index in [1.54, 1.807) is 42.5 Å². The molecular formula is C21H25N3O4. The quantitative estimate of drug-likeness (QED) is 0.667. The lowest BCUT2D eigenvalue weighted by Gasteiger charge is -2.11. The van der Waals surface area contributed by atoms with E-state index >= 15 is 0 Å². The minimum Gasteiger partial charge on any atom is -0.465 e. The van der Waals surface area contributed by atoms with Crippen LogP contribution in [0.25, 0.3) is 0 Å². The van der Waals surface area contributed by atoms with E-state index in [0.717, 1.165) is 11.1 Å². The van der Waals surface area contributed by atoms with E-state index < -0.39 is 5.97 Å². The second-order valence-electron chi connectivity index (χ2n) is 6.65. The number of carbonyl (C=O) groups excluding carboxylic acids is 3. The second-order valence-corrected chi connectivity index (χ2v) is 6.65. The Morgan fingerprint density at radius 3 is 2.25 bits per heavy atom. The molecule has 148 valence electrons. The number of hydrogen-bond acceptors (Lipinski definition) is 4. The number of amides is 3.